The Morgan fingerprint density at radius 2 is 0.720 bits per heavy atom. The van der Waals surface area contributed by atoms with Crippen molar-refractivity contribution in [2.45, 2.75) is 111 Å². The quantitative estimate of drug-likeness (QED) is 0.482. The Balaban J connectivity index is 0.000000146. The van der Waals surface area contributed by atoms with E-state index in [2.05, 4.69) is 27.7 Å². The highest BCUT2D eigenvalue weighted by atomic mass is 14.5. The first kappa shape index (κ1) is 19.8. The van der Waals surface area contributed by atoms with Crippen molar-refractivity contribution in [2.24, 2.45) is 47.3 Å². The first-order valence-electron chi connectivity index (χ1n) is 12.2. The fraction of sp³-hybridized carbons (Fsp3) is 1.00. The Labute approximate surface area is 158 Å². The molecule has 0 spiro atoms. The molecule has 4 aliphatic carbocycles. The molecular formula is C25H46. The Morgan fingerprint density at radius 3 is 0.960 bits per heavy atom. The average molecular weight is 347 g/mol. The second-order valence-electron chi connectivity index (χ2n) is 10.2. The van der Waals surface area contributed by atoms with Gasteiger partial charge in [0, 0.05) is 0 Å². The molecule has 0 aromatic rings. The second kappa shape index (κ2) is 9.27. The van der Waals surface area contributed by atoms with Crippen LogP contribution in [0.3, 0.4) is 0 Å². The second-order valence-corrected chi connectivity index (χ2v) is 10.2. The van der Waals surface area contributed by atoms with Crippen LogP contribution in [0, 0.1) is 47.3 Å². The van der Waals surface area contributed by atoms with Crippen LogP contribution in [0.2, 0.25) is 0 Å². The maximum atomic E-state index is 2.39. The van der Waals surface area contributed by atoms with E-state index in [1.165, 1.54) is 32.1 Å². The van der Waals surface area contributed by atoms with E-state index in [9.17, 15) is 0 Å². The molecule has 0 heteroatoms. The normalized spacial score (nSPS) is 45.6. The highest BCUT2D eigenvalue weighted by Gasteiger charge is 2.40. The summed E-state index contributed by atoms with van der Waals surface area (Å²) in [5.41, 5.74) is 0. The predicted molar refractivity (Wildman–Crippen MR) is 111 cm³/mol. The van der Waals surface area contributed by atoms with E-state index in [4.69, 9.17) is 0 Å². The lowest BCUT2D eigenvalue weighted by Gasteiger charge is -2.47. The van der Waals surface area contributed by atoms with Gasteiger partial charge in [0.1, 0.15) is 0 Å². The number of fused-ring (bicyclic) bond motifs is 2. The van der Waals surface area contributed by atoms with Crippen LogP contribution in [0.15, 0.2) is 0 Å². The Morgan fingerprint density at radius 1 is 0.440 bits per heavy atom. The smallest absolute Gasteiger partial charge is 0.0383 e. The zero-order valence-corrected chi connectivity index (χ0v) is 17.8. The first-order chi connectivity index (χ1) is 12.2. The molecule has 8 atom stereocenters. The predicted octanol–water partition coefficient (Wildman–Crippen LogP) is 8.11. The summed E-state index contributed by atoms with van der Waals surface area (Å²) in [5.74, 6) is 8.87. The number of rotatable bonds is 4. The minimum Gasteiger partial charge on any atom is -0.0651 e. The third-order valence-electron chi connectivity index (χ3n) is 9.24. The van der Waals surface area contributed by atoms with E-state index >= 15 is 0 Å². The van der Waals surface area contributed by atoms with Crippen LogP contribution >= 0.6 is 0 Å². The van der Waals surface area contributed by atoms with Crippen LogP contribution < -0.4 is 0 Å². The standard InChI is InChI=1S/C13H24.C12H22/c1-3-10-8-12-6-5-7-13(12)9-11(10)4-2;1-3-9-7-11-5-6-12(11)8-10(9)4-2/h10-13H,3-9H2,1-2H3;9-12H,3-8H2,1-2H3/t10-,11+,12?,13?;9-,10+,11?,12?. The zero-order chi connectivity index (χ0) is 17.8. The van der Waals surface area contributed by atoms with Gasteiger partial charge in [0.15, 0.2) is 0 Å². The maximum Gasteiger partial charge on any atom is -0.0383 e. The molecule has 0 nitrogen and oxygen atoms in total. The third-order valence-corrected chi connectivity index (χ3v) is 9.24. The minimum absolute atomic E-state index is 1.07. The molecule has 4 fully saturated rings. The van der Waals surface area contributed by atoms with Crippen LogP contribution in [0.25, 0.3) is 0 Å². The van der Waals surface area contributed by atoms with Gasteiger partial charge < -0.3 is 0 Å². The van der Waals surface area contributed by atoms with Crippen molar-refractivity contribution in [3.63, 3.8) is 0 Å². The molecule has 0 aliphatic heterocycles. The minimum atomic E-state index is 1.07. The molecule has 4 aliphatic rings. The molecular weight excluding hydrogens is 300 g/mol. The van der Waals surface area contributed by atoms with Crippen LogP contribution in [-0.2, 0) is 0 Å². The molecule has 0 heterocycles. The zero-order valence-electron chi connectivity index (χ0n) is 17.8. The topological polar surface area (TPSA) is 0 Å². The monoisotopic (exact) mass is 346 g/mol. The highest BCUT2D eigenvalue weighted by Crippen LogP contribution is 2.51. The lowest BCUT2D eigenvalue weighted by atomic mass is 9.58. The molecule has 146 valence electrons. The molecule has 25 heavy (non-hydrogen) atoms. The molecule has 4 saturated carbocycles. The van der Waals surface area contributed by atoms with Gasteiger partial charge in [-0.05, 0) is 85.9 Å². The van der Waals surface area contributed by atoms with Gasteiger partial charge in [0.2, 0.25) is 0 Å². The van der Waals surface area contributed by atoms with Crippen LogP contribution in [0.5, 0.6) is 0 Å². The molecule has 0 aromatic heterocycles. The van der Waals surface area contributed by atoms with Crippen molar-refractivity contribution in [1.29, 1.82) is 0 Å². The van der Waals surface area contributed by atoms with E-state index in [1.807, 2.05) is 0 Å². The van der Waals surface area contributed by atoms with E-state index in [1.54, 1.807) is 51.4 Å². The van der Waals surface area contributed by atoms with Gasteiger partial charge in [0.05, 0.1) is 0 Å². The van der Waals surface area contributed by atoms with Crippen LogP contribution in [0.4, 0.5) is 0 Å². The third kappa shape index (κ3) is 4.47. The van der Waals surface area contributed by atoms with Crippen molar-refractivity contribution >= 4 is 0 Å². The van der Waals surface area contributed by atoms with Crippen molar-refractivity contribution in [3.05, 3.63) is 0 Å². The molecule has 0 saturated heterocycles. The van der Waals surface area contributed by atoms with Crippen molar-refractivity contribution in [1.82, 2.24) is 0 Å². The largest absolute Gasteiger partial charge is 0.0651 e. The molecule has 0 radical (unpaired) electrons. The van der Waals surface area contributed by atoms with E-state index in [-0.39, 0.29) is 0 Å². The lowest BCUT2D eigenvalue weighted by molar-refractivity contribution is 0.0323. The lowest BCUT2D eigenvalue weighted by Crippen LogP contribution is -2.37. The first-order valence-corrected chi connectivity index (χ1v) is 12.2. The van der Waals surface area contributed by atoms with E-state index in [0.717, 1.165) is 47.3 Å². The fourth-order valence-corrected chi connectivity index (χ4v) is 7.32. The van der Waals surface area contributed by atoms with E-state index < -0.39 is 0 Å². The van der Waals surface area contributed by atoms with Crippen LogP contribution in [0.1, 0.15) is 111 Å². The van der Waals surface area contributed by atoms with Gasteiger partial charge >= 0.3 is 0 Å². The van der Waals surface area contributed by atoms with Crippen LogP contribution in [-0.4, -0.2) is 0 Å². The molecule has 4 unspecified atom stereocenters. The Hall–Kier alpha value is 0. The average Bonchev–Trinajstić information content (AvgIpc) is 3.09. The summed E-state index contributed by atoms with van der Waals surface area (Å²) in [6.45, 7) is 9.55. The number of hydrogen-bond donors (Lipinski definition) is 0. The summed E-state index contributed by atoms with van der Waals surface area (Å²) in [5, 5.41) is 0. The summed E-state index contributed by atoms with van der Waals surface area (Å²) < 4.78 is 0. The SMILES string of the molecule is CC[C@@H]1CC2CCC2C[C@@H]1CC.CC[C@@H]1CC2CCCC2C[C@@H]1CC. The van der Waals surface area contributed by atoms with Crippen molar-refractivity contribution in [2.75, 3.05) is 0 Å². The number of hydrogen-bond acceptors (Lipinski definition) is 0. The fourth-order valence-electron chi connectivity index (χ4n) is 7.32. The molecule has 0 aromatic carbocycles. The molecule has 0 N–H and O–H groups in total. The van der Waals surface area contributed by atoms with Crippen molar-refractivity contribution < 1.29 is 0 Å². The summed E-state index contributed by atoms with van der Waals surface area (Å²) in [7, 11) is 0. The molecule has 0 bridgehead atoms. The molecule has 4 rings (SSSR count). The van der Waals surface area contributed by atoms with Gasteiger partial charge in [-0.3, -0.25) is 0 Å². The molecule has 0 amide bonds. The summed E-state index contributed by atoms with van der Waals surface area (Å²) in [4.78, 5) is 0. The maximum absolute atomic E-state index is 2.39. The summed E-state index contributed by atoms with van der Waals surface area (Å²) >= 11 is 0. The van der Waals surface area contributed by atoms with Gasteiger partial charge in [-0.1, -0.05) is 72.6 Å². The van der Waals surface area contributed by atoms with E-state index in [0.29, 0.717) is 0 Å². The van der Waals surface area contributed by atoms with Gasteiger partial charge in [-0.25, -0.2) is 0 Å². The van der Waals surface area contributed by atoms with Gasteiger partial charge in [0.25, 0.3) is 0 Å². The summed E-state index contributed by atoms with van der Waals surface area (Å²) in [6, 6.07) is 0. The van der Waals surface area contributed by atoms with Gasteiger partial charge in [-0.15, -0.1) is 0 Å². The Kier molecular flexibility index (Phi) is 7.33. The highest BCUT2D eigenvalue weighted by molar-refractivity contribution is 4.91. The summed E-state index contributed by atoms with van der Waals surface area (Å²) in [6.07, 6.45) is 19.7. The Bertz CT molecular complexity index is 349. The van der Waals surface area contributed by atoms with Gasteiger partial charge in [-0.2, -0.15) is 0 Å². The van der Waals surface area contributed by atoms with Crippen molar-refractivity contribution in [3.8, 4) is 0 Å².